The molecule has 0 spiro atoms. The zero-order valence-corrected chi connectivity index (χ0v) is 10.5. The maximum absolute atomic E-state index is 12.2. The fraction of sp³-hybridized carbons (Fsp3) is 0.429. The smallest absolute Gasteiger partial charge is 0.307 e. The fourth-order valence-corrected chi connectivity index (χ4v) is 3.19. The average Bonchev–Trinajstić information content (AvgIpc) is 3.08. The number of carbonyl (C=O) groups excluding carboxylic acids is 1. The van der Waals surface area contributed by atoms with Gasteiger partial charge in [0.1, 0.15) is 5.72 Å². The minimum atomic E-state index is -1.37. The molecule has 3 rings (SSSR count). The third-order valence-corrected chi connectivity index (χ3v) is 4.22. The van der Waals surface area contributed by atoms with Gasteiger partial charge in [-0.1, -0.05) is 30.3 Å². The summed E-state index contributed by atoms with van der Waals surface area (Å²) >= 11 is 0. The van der Waals surface area contributed by atoms with Gasteiger partial charge < -0.3 is 15.1 Å². The molecule has 0 radical (unpaired) electrons. The molecule has 4 atom stereocenters. The number of fused-ring (bicyclic) bond motifs is 1. The number of carboxylic acids is 1. The van der Waals surface area contributed by atoms with E-state index in [0.29, 0.717) is 6.54 Å². The lowest BCUT2D eigenvalue weighted by atomic mass is 10.1. The Hall–Kier alpha value is -1.88. The standard InChI is InChI=1S/C14H15NO4/c1-14(19)11-9(10(11)13(17)18)12(16)15(14)7-8-5-3-2-4-6-8/h2-6,9-11,19H,7H2,1H3,(H,17,18). The maximum Gasteiger partial charge on any atom is 0.307 e. The lowest BCUT2D eigenvalue weighted by Crippen LogP contribution is -2.48. The highest BCUT2D eigenvalue weighted by Gasteiger charge is 2.74. The van der Waals surface area contributed by atoms with Crippen LogP contribution in [0.2, 0.25) is 0 Å². The SMILES string of the molecule is CC1(O)C2C(C(=O)O)C2C(=O)N1Cc1ccccc1. The van der Waals surface area contributed by atoms with Crippen LogP contribution in [0.3, 0.4) is 0 Å². The quantitative estimate of drug-likeness (QED) is 0.839. The van der Waals surface area contributed by atoms with Gasteiger partial charge in [-0.05, 0) is 12.5 Å². The van der Waals surface area contributed by atoms with Crippen molar-refractivity contribution in [3.05, 3.63) is 35.9 Å². The molecule has 5 nitrogen and oxygen atoms in total. The number of nitrogens with zero attached hydrogens (tertiary/aromatic N) is 1. The number of piperidine rings is 1. The molecule has 1 aliphatic heterocycles. The molecule has 0 bridgehead atoms. The maximum atomic E-state index is 12.2. The van der Waals surface area contributed by atoms with Gasteiger partial charge in [0.15, 0.2) is 0 Å². The Morgan fingerprint density at radius 2 is 2.00 bits per heavy atom. The molecule has 0 aromatic heterocycles. The van der Waals surface area contributed by atoms with E-state index in [1.165, 1.54) is 11.8 Å². The predicted molar refractivity (Wildman–Crippen MR) is 65.7 cm³/mol. The van der Waals surface area contributed by atoms with Gasteiger partial charge in [0.2, 0.25) is 5.91 Å². The second-order valence-electron chi connectivity index (χ2n) is 5.42. The van der Waals surface area contributed by atoms with Gasteiger partial charge in [-0.25, -0.2) is 0 Å². The van der Waals surface area contributed by atoms with Crippen LogP contribution in [0, 0.1) is 17.8 Å². The van der Waals surface area contributed by atoms with Crippen LogP contribution in [0.15, 0.2) is 30.3 Å². The monoisotopic (exact) mass is 261 g/mol. The molecule has 5 heteroatoms. The normalized spacial score (nSPS) is 36.2. The van der Waals surface area contributed by atoms with Crippen LogP contribution in [-0.4, -0.2) is 32.7 Å². The molecular formula is C14H15NO4. The van der Waals surface area contributed by atoms with E-state index in [4.69, 9.17) is 5.11 Å². The number of carbonyl (C=O) groups is 2. The summed E-state index contributed by atoms with van der Waals surface area (Å²) < 4.78 is 0. The van der Waals surface area contributed by atoms with E-state index in [2.05, 4.69) is 0 Å². The summed E-state index contributed by atoms with van der Waals surface area (Å²) in [7, 11) is 0. The number of amides is 1. The highest BCUT2D eigenvalue weighted by Crippen LogP contribution is 2.60. The fourth-order valence-electron chi connectivity index (χ4n) is 3.19. The van der Waals surface area contributed by atoms with E-state index in [1.54, 1.807) is 0 Å². The van der Waals surface area contributed by atoms with Crippen molar-refractivity contribution in [2.24, 2.45) is 17.8 Å². The molecule has 100 valence electrons. The first kappa shape index (κ1) is 12.2. The van der Waals surface area contributed by atoms with Crippen LogP contribution in [-0.2, 0) is 16.1 Å². The van der Waals surface area contributed by atoms with E-state index in [9.17, 15) is 14.7 Å². The van der Waals surface area contributed by atoms with Crippen molar-refractivity contribution >= 4 is 11.9 Å². The molecule has 1 heterocycles. The summed E-state index contributed by atoms with van der Waals surface area (Å²) in [4.78, 5) is 24.6. The number of rotatable bonds is 3. The van der Waals surface area contributed by atoms with Crippen LogP contribution >= 0.6 is 0 Å². The number of aliphatic hydroxyl groups is 1. The summed E-state index contributed by atoms with van der Waals surface area (Å²) in [5, 5.41) is 19.5. The first-order chi connectivity index (χ1) is 8.94. The Balaban J connectivity index is 1.82. The number of hydrogen-bond donors (Lipinski definition) is 2. The van der Waals surface area contributed by atoms with Crippen LogP contribution in [0.1, 0.15) is 12.5 Å². The number of carboxylic acid groups (broad SMARTS) is 1. The Morgan fingerprint density at radius 1 is 1.37 bits per heavy atom. The molecular weight excluding hydrogens is 246 g/mol. The Labute approximate surface area is 110 Å². The molecule has 19 heavy (non-hydrogen) atoms. The van der Waals surface area contributed by atoms with Crippen molar-refractivity contribution in [3.8, 4) is 0 Å². The Bertz CT molecular complexity index is 540. The highest BCUT2D eigenvalue weighted by molar-refractivity contribution is 5.94. The molecule has 2 fully saturated rings. The van der Waals surface area contributed by atoms with Crippen molar-refractivity contribution in [2.45, 2.75) is 19.2 Å². The van der Waals surface area contributed by atoms with Gasteiger partial charge in [0.05, 0.1) is 11.8 Å². The summed E-state index contributed by atoms with van der Waals surface area (Å²) in [5.41, 5.74) is -0.454. The Kier molecular flexibility index (Phi) is 2.44. The molecule has 4 unspecified atom stereocenters. The predicted octanol–water partition coefficient (Wildman–Crippen LogP) is 0.684. The lowest BCUT2D eigenvalue weighted by Gasteiger charge is -2.34. The Morgan fingerprint density at radius 3 is 2.47 bits per heavy atom. The zero-order chi connectivity index (χ0) is 13.8. The van der Waals surface area contributed by atoms with Gasteiger partial charge >= 0.3 is 5.97 Å². The third-order valence-electron chi connectivity index (χ3n) is 4.22. The van der Waals surface area contributed by atoms with E-state index in [0.717, 1.165) is 5.56 Å². The second-order valence-corrected chi connectivity index (χ2v) is 5.42. The van der Waals surface area contributed by atoms with Crippen molar-refractivity contribution in [1.82, 2.24) is 4.90 Å². The van der Waals surface area contributed by atoms with Gasteiger partial charge in [-0.15, -0.1) is 0 Å². The van der Waals surface area contributed by atoms with E-state index < -0.39 is 29.4 Å². The molecule has 1 saturated heterocycles. The average molecular weight is 261 g/mol. The highest BCUT2D eigenvalue weighted by atomic mass is 16.4. The van der Waals surface area contributed by atoms with Crippen LogP contribution in [0.4, 0.5) is 0 Å². The summed E-state index contributed by atoms with van der Waals surface area (Å²) in [5.74, 6) is -3.03. The van der Waals surface area contributed by atoms with Crippen LogP contribution in [0.25, 0.3) is 0 Å². The molecule has 1 aromatic rings. The van der Waals surface area contributed by atoms with Gasteiger partial charge in [-0.3, -0.25) is 9.59 Å². The first-order valence-electron chi connectivity index (χ1n) is 6.25. The topological polar surface area (TPSA) is 77.8 Å². The van der Waals surface area contributed by atoms with Crippen molar-refractivity contribution in [3.63, 3.8) is 0 Å². The first-order valence-corrected chi connectivity index (χ1v) is 6.25. The lowest BCUT2D eigenvalue weighted by molar-refractivity contribution is -0.159. The minimum Gasteiger partial charge on any atom is -0.481 e. The molecule has 1 aliphatic carbocycles. The van der Waals surface area contributed by atoms with Gasteiger partial charge in [0, 0.05) is 12.5 Å². The molecule has 2 aliphatic rings. The minimum absolute atomic E-state index is 0.258. The van der Waals surface area contributed by atoms with Crippen molar-refractivity contribution in [2.75, 3.05) is 0 Å². The van der Waals surface area contributed by atoms with E-state index >= 15 is 0 Å². The largest absolute Gasteiger partial charge is 0.481 e. The van der Waals surface area contributed by atoms with Crippen LogP contribution in [0.5, 0.6) is 0 Å². The molecule has 2 N–H and O–H groups in total. The van der Waals surface area contributed by atoms with E-state index in [1.807, 2.05) is 30.3 Å². The third kappa shape index (κ3) is 1.65. The van der Waals surface area contributed by atoms with Crippen molar-refractivity contribution < 1.29 is 19.8 Å². The molecule has 1 aromatic carbocycles. The number of benzene rings is 1. The van der Waals surface area contributed by atoms with Crippen molar-refractivity contribution in [1.29, 1.82) is 0 Å². The van der Waals surface area contributed by atoms with Crippen LogP contribution < -0.4 is 0 Å². The number of likely N-dealkylation sites (tertiary alicyclic amines) is 1. The molecule has 1 amide bonds. The summed E-state index contributed by atoms with van der Waals surface area (Å²) in [6.45, 7) is 1.84. The van der Waals surface area contributed by atoms with E-state index in [-0.39, 0.29) is 5.91 Å². The second kappa shape index (κ2) is 3.81. The molecule has 1 saturated carbocycles. The zero-order valence-electron chi connectivity index (χ0n) is 10.5. The number of aliphatic carboxylic acids is 1. The summed E-state index contributed by atoms with van der Waals surface area (Å²) in [6, 6.07) is 9.37. The van der Waals surface area contributed by atoms with Gasteiger partial charge in [-0.2, -0.15) is 0 Å². The summed E-state index contributed by atoms with van der Waals surface area (Å²) in [6.07, 6.45) is 0. The van der Waals surface area contributed by atoms with Gasteiger partial charge in [0.25, 0.3) is 0 Å². The number of hydrogen-bond acceptors (Lipinski definition) is 3.